The highest BCUT2D eigenvalue weighted by Crippen LogP contribution is 2.31. The van der Waals surface area contributed by atoms with Gasteiger partial charge in [0.05, 0.1) is 12.7 Å². The molecule has 116 valence electrons. The van der Waals surface area contributed by atoms with Crippen molar-refractivity contribution in [2.75, 3.05) is 31.5 Å². The predicted octanol–water partition coefficient (Wildman–Crippen LogP) is 0.942. The summed E-state index contributed by atoms with van der Waals surface area (Å²) in [6.45, 7) is 10.0. The van der Waals surface area contributed by atoms with Gasteiger partial charge in [-0.1, -0.05) is 0 Å². The number of carbonyl (C=O) groups is 1. The van der Waals surface area contributed by atoms with Crippen molar-refractivity contribution in [2.45, 2.75) is 32.9 Å². The number of fused-ring (bicyclic) bond motifs is 1. The lowest BCUT2D eigenvalue weighted by molar-refractivity contribution is -0.117. The molecule has 1 amide bonds. The van der Waals surface area contributed by atoms with E-state index in [0.717, 1.165) is 25.5 Å². The molecule has 2 aliphatic heterocycles. The van der Waals surface area contributed by atoms with E-state index in [1.54, 1.807) is 6.20 Å². The molecule has 0 aromatic carbocycles. The molecule has 3 heterocycles. The Morgan fingerprint density at radius 3 is 3.05 bits per heavy atom. The van der Waals surface area contributed by atoms with Gasteiger partial charge in [-0.05, 0) is 45.7 Å². The van der Waals surface area contributed by atoms with Gasteiger partial charge in [-0.2, -0.15) is 5.10 Å². The van der Waals surface area contributed by atoms with Crippen LogP contribution in [0.1, 0.15) is 26.8 Å². The normalized spacial score (nSPS) is 29.0. The molecule has 2 saturated heterocycles. The Kier molecular flexibility index (Phi) is 3.99. The first kappa shape index (κ1) is 14.5. The summed E-state index contributed by atoms with van der Waals surface area (Å²) in [5.74, 6) is 2.23. The molecule has 1 aromatic heterocycles. The van der Waals surface area contributed by atoms with Gasteiger partial charge < -0.3 is 10.6 Å². The highest BCUT2D eigenvalue weighted by molar-refractivity contribution is 5.91. The van der Waals surface area contributed by atoms with Gasteiger partial charge in [-0.25, -0.2) is 4.68 Å². The largest absolute Gasteiger partial charge is 0.316 e. The molecule has 2 aliphatic rings. The van der Waals surface area contributed by atoms with Crippen molar-refractivity contribution >= 4 is 11.7 Å². The van der Waals surface area contributed by atoms with E-state index in [4.69, 9.17) is 0 Å². The van der Waals surface area contributed by atoms with E-state index in [-0.39, 0.29) is 11.9 Å². The second-order valence-corrected chi connectivity index (χ2v) is 6.56. The quantitative estimate of drug-likeness (QED) is 0.867. The monoisotopic (exact) mass is 291 g/mol. The Hall–Kier alpha value is -1.40. The molecular formula is C15H25N5O. The first-order valence-electron chi connectivity index (χ1n) is 7.84. The summed E-state index contributed by atoms with van der Waals surface area (Å²) in [6, 6.07) is 2.57. The van der Waals surface area contributed by atoms with Gasteiger partial charge in [0, 0.05) is 24.7 Å². The SMILES string of the molecule is CC1C2CNCC2CN1CC(=O)Nc1ccnn1C(C)C. The van der Waals surface area contributed by atoms with Crippen molar-refractivity contribution in [1.82, 2.24) is 20.0 Å². The smallest absolute Gasteiger partial charge is 0.239 e. The number of likely N-dealkylation sites (tertiary alicyclic amines) is 1. The molecule has 2 N–H and O–H groups in total. The van der Waals surface area contributed by atoms with Crippen LogP contribution >= 0.6 is 0 Å². The molecule has 0 radical (unpaired) electrons. The fourth-order valence-electron chi connectivity index (χ4n) is 3.66. The Labute approximate surface area is 125 Å². The van der Waals surface area contributed by atoms with Crippen LogP contribution in [0.5, 0.6) is 0 Å². The van der Waals surface area contributed by atoms with Gasteiger partial charge in [0.2, 0.25) is 5.91 Å². The number of hydrogen-bond acceptors (Lipinski definition) is 4. The predicted molar refractivity (Wildman–Crippen MR) is 82.1 cm³/mol. The number of carbonyl (C=O) groups excluding carboxylic acids is 1. The minimum atomic E-state index is 0.0529. The van der Waals surface area contributed by atoms with E-state index in [1.165, 1.54) is 0 Å². The van der Waals surface area contributed by atoms with E-state index >= 15 is 0 Å². The van der Waals surface area contributed by atoms with Crippen molar-refractivity contribution < 1.29 is 4.79 Å². The maximum Gasteiger partial charge on any atom is 0.239 e. The van der Waals surface area contributed by atoms with Gasteiger partial charge in [0.15, 0.2) is 0 Å². The molecule has 0 aliphatic carbocycles. The molecule has 0 spiro atoms. The van der Waals surface area contributed by atoms with E-state index in [2.05, 4.69) is 41.4 Å². The minimum Gasteiger partial charge on any atom is -0.316 e. The van der Waals surface area contributed by atoms with Gasteiger partial charge in [0.25, 0.3) is 0 Å². The molecule has 21 heavy (non-hydrogen) atoms. The lowest BCUT2D eigenvalue weighted by atomic mass is 9.95. The fraction of sp³-hybridized carbons (Fsp3) is 0.733. The number of amides is 1. The summed E-state index contributed by atoms with van der Waals surface area (Å²) in [4.78, 5) is 14.6. The number of hydrogen-bond donors (Lipinski definition) is 2. The first-order chi connectivity index (χ1) is 10.1. The zero-order chi connectivity index (χ0) is 15.0. The van der Waals surface area contributed by atoms with Crippen LogP contribution in [-0.4, -0.2) is 52.8 Å². The van der Waals surface area contributed by atoms with Crippen LogP contribution in [0.4, 0.5) is 5.82 Å². The number of anilines is 1. The summed E-state index contributed by atoms with van der Waals surface area (Å²) in [5, 5.41) is 10.7. The van der Waals surface area contributed by atoms with Gasteiger partial charge in [-0.15, -0.1) is 0 Å². The van der Waals surface area contributed by atoms with Gasteiger partial charge in [0.1, 0.15) is 5.82 Å². The molecule has 3 rings (SSSR count). The second kappa shape index (κ2) is 5.77. The molecule has 0 bridgehead atoms. The van der Waals surface area contributed by atoms with E-state index in [1.807, 2.05) is 10.7 Å². The number of rotatable bonds is 4. The molecule has 3 unspecified atom stereocenters. The Balaban J connectivity index is 1.58. The second-order valence-electron chi connectivity index (χ2n) is 6.56. The third-order valence-corrected chi connectivity index (χ3v) is 4.83. The molecular weight excluding hydrogens is 266 g/mol. The summed E-state index contributed by atoms with van der Waals surface area (Å²) in [7, 11) is 0. The van der Waals surface area contributed by atoms with Crippen molar-refractivity contribution in [1.29, 1.82) is 0 Å². The lowest BCUT2D eigenvalue weighted by Crippen LogP contribution is -2.39. The highest BCUT2D eigenvalue weighted by Gasteiger charge is 2.42. The van der Waals surface area contributed by atoms with E-state index in [0.29, 0.717) is 24.4 Å². The summed E-state index contributed by atoms with van der Waals surface area (Å²) >= 11 is 0. The first-order valence-corrected chi connectivity index (χ1v) is 7.84. The van der Waals surface area contributed by atoms with Crippen molar-refractivity contribution in [3.8, 4) is 0 Å². The summed E-state index contributed by atoms with van der Waals surface area (Å²) < 4.78 is 1.84. The number of nitrogens with one attached hydrogen (secondary N) is 2. The van der Waals surface area contributed by atoms with Crippen LogP contribution in [-0.2, 0) is 4.79 Å². The standard InChI is InChI=1S/C15H25N5O/c1-10(2)20-14(4-5-17-20)18-15(21)9-19-8-12-6-16-7-13(12)11(19)3/h4-5,10-13,16H,6-9H2,1-3H3,(H,18,21). The van der Waals surface area contributed by atoms with Crippen LogP contribution in [0.15, 0.2) is 12.3 Å². The molecule has 6 nitrogen and oxygen atoms in total. The number of aromatic nitrogens is 2. The van der Waals surface area contributed by atoms with E-state index < -0.39 is 0 Å². The van der Waals surface area contributed by atoms with Crippen molar-refractivity contribution in [2.24, 2.45) is 11.8 Å². The Morgan fingerprint density at radius 1 is 1.52 bits per heavy atom. The molecule has 2 fully saturated rings. The highest BCUT2D eigenvalue weighted by atomic mass is 16.2. The zero-order valence-electron chi connectivity index (χ0n) is 13.0. The van der Waals surface area contributed by atoms with E-state index in [9.17, 15) is 4.79 Å². The van der Waals surface area contributed by atoms with Crippen LogP contribution in [0, 0.1) is 11.8 Å². The Bertz CT molecular complexity index is 512. The maximum atomic E-state index is 12.3. The maximum absolute atomic E-state index is 12.3. The third-order valence-electron chi connectivity index (χ3n) is 4.83. The van der Waals surface area contributed by atoms with Crippen LogP contribution in [0.2, 0.25) is 0 Å². The molecule has 0 saturated carbocycles. The molecule has 1 aromatic rings. The average Bonchev–Trinajstić information content (AvgIpc) is 3.10. The molecule has 3 atom stereocenters. The number of nitrogens with zero attached hydrogens (tertiary/aromatic N) is 3. The Morgan fingerprint density at radius 2 is 2.33 bits per heavy atom. The van der Waals surface area contributed by atoms with Crippen molar-refractivity contribution in [3.05, 3.63) is 12.3 Å². The van der Waals surface area contributed by atoms with Gasteiger partial charge in [-0.3, -0.25) is 9.69 Å². The van der Waals surface area contributed by atoms with Crippen LogP contribution < -0.4 is 10.6 Å². The summed E-state index contributed by atoms with van der Waals surface area (Å²) in [5.41, 5.74) is 0. The molecule has 6 heteroatoms. The van der Waals surface area contributed by atoms with Crippen LogP contribution in [0.25, 0.3) is 0 Å². The zero-order valence-corrected chi connectivity index (χ0v) is 13.0. The summed E-state index contributed by atoms with van der Waals surface area (Å²) in [6.07, 6.45) is 1.73. The van der Waals surface area contributed by atoms with Crippen molar-refractivity contribution in [3.63, 3.8) is 0 Å². The minimum absolute atomic E-state index is 0.0529. The lowest BCUT2D eigenvalue weighted by Gasteiger charge is -2.23. The average molecular weight is 291 g/mol. The fourth-order valence-corrected chi connectivity index (χ4v) is 3.66. The van der Waals surface area contributed by atoms with Crippen LogP contribution in [0.3, 0.4) is 0 Å². The third kappa shape index (κ3) is 2.82. The van der Waals surface area contributed by atoms with Gasteiger partial charge >= 0.3 is 0 Å². The topological polar surface area (TPSA) is 62.2 Å².